The summed E-state index contributed by atoms with van der Waals surface area (Å²) in [6.07, 6.45) is 4.02. The highest BCUT2D eigenvalue weighted by atomic mass is 16.5. The van der Waals surface area contributed by atoms with E-state index >= 15 is 0 Å². The summed E-state index contributed by atoms with van der Waals surface area (Å²) in [6, 6.07) is 1.71. The molecular weight excluding hydrogens is 204 g/mol. The van der Waals surface area contributed by atoms with Crippen molar-refractivity contribution in [1.82, 2.24) is 5.32 Å². The molecule has 0 bridgehead atoms. The van der Waals surface area contributed by atoms with Gasteiger partial charge in [0.15, 0.2) is 0 Å². The van der Waals surface area contributed by atoms with Gasteiger partial charge in [0, 0.05) is 19.8 Å². The second-order valence-electron chi connectivity index (χ2n) is 3.52. The van der Waals surface area contributed by atoms with Crippen molar-refractivity contribution in [2.24, 2.45) is 0 Å². The van der Waals surface area contributed by atoms with Crippen molar-refractivity contribution in [3.63, 3.8) is 0 Å². The number of amides is 1. The molecule has 0 aromatic carbocycles. The maximum Gasteiger partial charge on any atom is 0.261 e. The Labute approximate surface area is 97.3 Å². The summed E-state index contributed by atoms with van der Waals surface area (Å²) in [4.78, 5) is 11.1. The van der Waals surface area contributed by atoms with Crippen LogP contribution in [-0.2, 0) is 9.53 Å². The van der Waals surface area contributed by atoms with Crippen molar-refractivity contribution in [2.45, 2.75) is 32.6 Å². The average Bonchev–Trinajstić information content (AvgIpc) is 2.31. The van der Waals surface area contributed by atoms with Gasteiger partial charge < -0.3 is 10.1 Å². The van der Waals surface area contributed by atoms with E-state index in [-0.39, 0.29) is 11.5 Å². The predicted octanol–water partition coefficient (Wildman–Crippen LogP) is 1.78. The molecule has 0 aliphatic carbocycles. The number of ether oxygens (including phenoxy) is 1. The minimum absolute atomic E-state index is 0.0424. The van der Waals surface area contributed by atoms with Gasteiger partial charge in [-0.3, -0.25) is 4.79 Å². The van der Waals surface area contributed by atoms with Crippen molar-refractivity contribution >= 4 is 5.91 Å². The van der Waals surface area contributed by atoms with Crippen LogP contribution >= 0.6 is 0 Å². The molecule has 0 atom stereocenters. The summed E-state index contributed by atoms with van der Waals surface area (Å²) in [5.41, 5.74) is -0.0424. The largest absolute Gasteiger partial charge is 0.381 e. The topological polar surface area (TPSA) is 62.1 Å². The number of rotatable bonds is 9. The molecule has 0 saturated carbocycles. The fraction of sp³-hybridized carbons (Fsp3) is 0.667. The zero-order chi connectivity index (χ0) is 12.2. The second kappa shape index (κ2) is 10.2. The van der Waals surface area contributed by atoms with Crippen LogP contribution in [0, 0.1) is 11.3 Å². The van der Waals surface area contributed by atoms with Gasteiger partial charge in [0.2, 0.25) is 0 Å². The Bertz CT molecular complexity index is 256. The smallest absolute Gasteiger partial charge is 0.261 e. The zero-order valence-electron chi connectivity index (χ0n) is 9.92. The summed E-state index contributed by atoms with van der Waals surface area (Å²) in [6.45, 7) is 7.56. The molecule has 16 heavy (non-hydrogen) atoms. The van der Waals surface area contributed by atoms with Gasteiger partial charge in [-0.25, -0.2) is 0 Å². The molecule has 0 saturated heterocycles. The Balaban J connectivity index is 3.25. The summed E-state index contributed by atoms with van der Waals surface area (Å²) >= 11 is 0. The third-order valence-corrected chi connectivity index (χ3v) is 2.05. The van der Waals surface area contributed by atoms with E-state index in [0.29, 0.717) is 6.54 Å². The molecule has 0 spiro atoms. The van der Waals surface area contributed by atoms with E-state index in [1.165, 1.54) is 0 Å². The van der Waals surface area contributed by atoms with Crippen molar-refractivity contribution < 1.29 is 9.53 Å². The lowest BCUT2D eigenvalue weighted by molar-refractivity contribution is -0.117. The lowest BCUT2D eigenvalue weighted by Gasteiger charge is -2.04. The highest BCUT2D eigenvalue weighted by Crippen LogP contribution is 1.93. The Morgan fingerprint density at radius 1 is 1.38 bits per heavy atom. The van der Waals surface area contributed by atoms with Crippen LogP contribution in [0.15, 0.2) is 12.2 Å². The lowest BCUT2D eigenvalue weighted by atomic mass is 10.3. The standard InChI is InChI=1S/C12H20N2O2/c1-3-4-8-16-9-6-5-7-14-12(15)11(2)10-13/h2-9H2,1H3,(H,14,15). The summed E-state index contributed by atoms with van der Waals surface area (Å²) in [7, 11) is 0. The Morgan fingerprint density at radius 3 is 2.69 bits per heavy atom. The second-order valence-corrected chi connectivity index (χ2v) is 3.52. The minimum Gasteiger partial charge on any atom is -0.381 e. The number of carbonyl (C=O) groups excluding carboxylic acids is 1. The first-order chi connectivity index (χ1) is 7.72. The highest BCUT2D eigenvalue weighted by molar-refractivity contribution is 5.96. The van der Waals surface area contributed by atoms with Crippen molar-refractivity contribution in [3.05, 3.63) is 12.2 Å². The van der Waals surface area contributed by atoms with Gasteiger partial charge in [-0.2, -0.15) is 5.26 Å². The van der Waals surface area contributed by atoms with Gasteiger partial charge in [-0.05, 0) is 19.3 Å². The van der Waals surface area contributed by atoms with Crippen LogP contribution in [0.1, 0.15) is 32.6 Å². The number of nitrogens with one attached hydrogen (secondary N) is 1. The first-order valence-corrected chi connectivity index (χ1v) is 5.67. The molecule has 0 aromatic heterocycles. The van der Waals surface area contributed by atoms with Gasteiger partial charge in [0.05, 0.1) is 0 Å². The number of carbonyl (C=O) groups is 1. The molecule has 0 unspecified atom stereocenters. The maximum atomic E-state index is 11.1. The van der Waals surface area contributed by atoms with E-state index < -0.39 is 0 Å². The van der Waals surface area contributed by atoms with Crippen LogP contribution in [0.3, 0.4) is 0 Å². The first-order valence-electron chi connectivity index (χ1n) is 5.67. The molecule has 4 nitrogen and oxygen atoms in total. The Morgan fingerprint density at radius 2 is 2.06 bits per heavy atom. The SMILES string of the molecule is C=C(C#N)C(=O)NCCCCOCCCC. The summed E-state index contributed by atoms with van der Waals surface area (Å²) in [5, 5.41) is 11.0. The number of hydrogen-bond acceptors (Lipinski definition) is 3. The summed E-state index contributed by atoms with van der Waals surface area (Å²) in [5.74, 6) is -0.380. The van der Waals surface area contributed by atoms with Crippen LogP contribution in [0.2, 0.25) is 0 Å². The van der Waals surface area contributed by atoms with E-state index in [9.17, 15) is 4.79 Å². The van der Waals surface area contributed by atoms with Crippen LogP contribution in [0.4, 0.5) is 0 Å². The van der Waals surface area contributed by atoms with Crippen LogP contribution in [0.25, 0.3) is 0 Å². The van der Waals surface area contributed by atoms with E-state index in [0.717, 1.165) is 38.9 Å². The molecule has 1 amide bonds. The molecular formula is C12H20N2O2. The molecule has 0 heterocycles. The fourth-order valence-electron chi connectivity index (χ4n) is 1.04. The van der Waals surface area contributed by atoms with E-state index in [1.807, 2.05) is 0 Å². The molecule has 4 heteroatoms. The molecule has 1 N–H and O–H groups in total. The molecule has 0 fully saturated rings. The van der Waals surface area contributed by atoms with Gasteiger partial charge in [-0.1, -0.05) is 19.9 Å². The first kappa shape index (κ1) is 14.7. The van der Waals surface area contributed by atoms with Gasteiger partial charge in [0.1, 0.15) is 11.6 Å². The Hall–Kier alpha value is -1.34. The third-order valence-electron chi connectivity index (χ3n) is 2.05. The quantitative estimate of drug-likeness (QED) is 0.369. The molecule has 0 aliphatic heterocycles. The lowest BCUT2D eigenvalue weighted by Crippen LogP contribution is -2.25. The van der Waals surface area contributed by atoms with Gasteiger partial charge >= 0.3 is 0 Å². The number of hydrogen-bond donors (Lipinski definition) is 1. The highest BCUT2D eigenvalue weighted by Gasteiger charge is 2.03. The number of nitriles is 1. The summed E-state index contributed by atoms with van der Waals surface area (Å²) < 4.78 is 5.37. The normalized spacial score (nSPS) is 9.50. The fourth-order valence-corrected chi connectivity index (χ4v) is 1.04. The van der Waals surface area contributed by atoms with Gasteiger partial charge in [0.25, 0.3) is 5.91 Å². The monoisotopic (exact) mass is 224 g/mol. The third kappa shape index (κ3) is 8.01. The maximum absolute atomic E-state index is 11.1. The molecule has 0 radical (unpaired) electrons. The average molecular weight is 224 g/mol. The minimum atomic E-state index is -0.380. The van der Waals surface area contributed by atoms with Crippen molar-refractivity contribution in [2.75, 3.05) is 19.8 Å². The number of nitrogens with zero attached hydrogens (tertiary/aromatic N) is 1. The van der Waals surface area contributed by atoms with Crippen molar-refractivity contribution in [1.29, 1.82) is 5.26 Å². The van der Waals surface area contributed by atoms with Crippen LogP contribution < -0.4 is 5.32 Å². The van der Waals surface area contributed by atoms with E-state index in [2.05, 4.69) is 18.8 Å². The molecule has 0 rings (SSSR count). The zero-order valence-corrected chi connectivity index (χ0v) is 9.92. The Kier molecular flexibility index (Phi) is 9.33. The molecule has 90 valence electrons. The number of unbranched alkanes of at least 4 members (excludes halogenated alkanes) is 2. The van der Waals surface area contributed by atoms with E-state index in [1.54, 1.807) is 6.07 Å². The van der Waals surface area contributed by atoms with E-state index in [4.69, 9.17) is 10.00 Å². The van der Waals surface area contributed by atoms with Crippen LogP contribution in [0.5, 0.6) is 0 Å². The predicted molar refractivity (Wildman–Crippen MR) is 62.7 cm³/mol. The van der Waals surface area contributed by atoms with Crippen LogP contribution in [-0.4, -0.2) is 25.7 Å². The van der Waals surface area contributed by atoms with Crippen molar-refractivity contribution in [3.8, 4) is 6.07 Å². The van der Waals surface area contributed by atoms with Gasteiger partial charge in [-0.15, -0.1) is 0 Å². The molecule has 0 aliphatic rings. The molecule has 0 aromatic rings.